The standard InChI is InChI=1S/C24H25N3O3/c25-14-15-3-1-4-17(11-15)16-7-9-27(10-8-16)24(30)19-6-2-5-18-12-22(28)21(23(26)29)13-20(18)19/h1-6,11-13,16,28H,7-10,14,25H2,(H2,26,29). The molecule has 0 aliphatic carbocycles. The molecule has 1 fully saturated rings. The molecule has 3 aromatic carbocycles. The first kappa shape index (κ1) is 19.9. The maximum absolute atomic E-state index is 13.3. The molecule has 1 aliphatic rings. The molecular weight excluding hydrogens is 378 g/mol. The fourth-order valence-electron chi connectivity index (χ4n) is 4.26. The fourth-order valence-corrected chi connectivity index (χ4v) is 4.26. The zero-order chi connectivity index (χ0) is 21.3. The molecule has 2 amide bonds. The summed E-state index contributed by atoms with van der Waals surface area (Å²) in [6, 6.07) is 16.7. The number of phenols is 1. The van der Waals surface area contributed by atoms with E-state index in [1.165, 1.54) is 17.7 Å². The van der Waals surface area contributed by atoms with Crippen LogP contribution in [0.1, 0.15) is 50.6 Å². The number of fused-ring (bicyclic) bond motifs is 1. The number of aromatic hydroxyl groups is 1. The quantitative estimate of drug-likeness (QED) is 0.622. The predicted molar refractivity (Wildman–Crippen MR) is 116 cm³/mol. The number of carbonyl (C=O) groups is 2. The van der Waals surface area contributed by atoms with Gasteiger partial charge in [0.25, 0.3) is 11.8 Å². The Kier molecular flexibility index (Phi) is 5.42. The molecule has 0 atom stereocenters. The van der Waals surface area contributed by atoms with Crippen molar-refractivity contribution < 1.29 is 14.7 Å². The van der Waals surface area contributed by atoms with Crippen LogP contribution >= 0.6 is 0 Å². The highest BCUT2D eigenvalue weighted by molar-refractivity contribution is 6.10. The summed E-state index contributed by atoms with van der Waals surface area (Å²) in [4.78, 5) is 26.7. The van der Waals surface area contributed by atoms with Crippen molar-refractivity contribution in [3.63, 3.8) is 0 Å². The van der Waals surface area contributed by atoms with E-state index in [1.807, 2.05) is 17.0 Å². The van der Waals surface area contributed by atoms with Gasteiger partial charge in [-0.1, -0.05) is 36.4 Å². The van der Waals surface area contributed by atoms with Crippen molar-refractivity contribution in [2.24, 2.45) is 11.5 Å². The molecule has 0 radical (unpaired) electrons. The molecule has 0 aromatic heterocycles. The van der Waals surface area contributed by atoms with Crippen LogP contribution in [0.2, 0.25) is 0 Å². The Morgan fingerprint density at radius 3 is 2.43 bits per heavy atom. The first-order chi connectivity index (χ1) is 14.5. The molecule has 3 aromatic rings. The summed E-state index contributed by atoms with van der Waals surface area (Å²) in [5.74, 6) is -0.570. The monoisotopic (exact) mass is 403 g/mol. The van der Waals surface area contributed by atoms with Crippen LogP contribution in [0.15, 0.2) is 54.6 Å². The highest BCUT2D eigenvalue weighted by Crippen LogP contribution is 2.31. The minimum absolute atomic E-state index is 0.0150. The second-order valence-electron chi connectivity index (χ2n) is 7.78. The van der Waals surface area contributed by atoms with Crippen LogP contribution in [0.25, 0.3) is 10.8 Å². The number of hydrogen-bond acceptors (Lipinski definition) is 4. The first-order valence-electron chi connectivity index (χ1n) is 10.1. The summed E-state index contributed by atoms with van der Waals surface area (Å²) >= 11 is 0. The Labute approximate surface area is 175 Å². The summed E-state index contributed by atoms with van der Waals surface area (Å²) in [5.41, 5.74) is 14.0. The van der Waals surface area contributed by atoms with Gasteiger partial charge in [-0.3, -0.25) is 9.59 Å². The van der Waals surface area contributed by atoms with Gasteiger partial charge in [0.15, 0.2) is 0 Å². The number of piperidine rings is 1. The lowest BCUT2D eigenvalue weighted by Gasteiger charge is -2.32. The minimum Gasteiger partial charge on any atom is -0.507 e. The van der Waals surface area contributed by atoms with Crippen LogP contribution in [-0.2, 0) is 6.54 Å². The smallest absolute Gasteiger partial charge is 0.254 e. The zero-order valence-corrected chi connectivity index (χ0v) is 16.7. The van der Waals surface area contributed by atoms with Crippen molar-refractivity contribution in [2.45, 2.75) is 25.3 Å². The van der Waals surface area contributed by atoms with Gasteiger partial charge >= 0.3 is 0 Å². The minimum atomic E-state index is -0.725. The number of benzene rings is 3. The predicted octanol–water partition coefficient (Wildman–Crippen LogP) is 3.12. The van der Waals surface area contributed by atoms with Crippen molar-refractivity contribution in [3.8, 4) is 5.75 Å². The van der Waals surface area contributed by atoms with Crippen LogP contribution < -0.4 is 11.5 Å². The molecular formula is C24H25N3O3. The molecule has 6 heteroatoms. The Morgan fingerprint density at radius 1 is 1.00 bits per heavy atom. The van der Waals surface area contributed by atoms with E-state index < -0.39 is 5.91 Å². The molecule has 30 heavy (non-hydrogen) atoms. The van der Waals surface area contributed by atoms with Gasteiger partial charge in [0.1, 0.15) is 5.75 Å². The average Bonchev–Trinajstić information content (AvgIpc) is 2.77. The van der Waals surface area contributed by atoms with E-state index in [9.17, 15) is 14.7 Å². The lowest BCUT2D eigenvalue weighted by Crippen LogP contribution is -2.38. The summed E-state index contributed by atoms with van der Waals surface area (Å²) in [5, 5.41) is 11.3. The molecule has 1 heterocycles. The number of rotatable bonds is 4. The topological polar surface area (TPSA) is 110 Å². The SMILES string of the molecule is NCc1cccc(C2CCN(C(=O)c3cccc4cc(O)c(C(N)=O)cc34)CC2)c1. The lowest BCUT2D eigenvalue weighted by atomic mass is 9.88. The van der Waals surface area contributed by atoms with Gasteiger partial charge in [0.2, 0.25) is 0 Å². The van der Waals surface area contributed by atoms with Gasteiger partial charge in [-0.05, 0) is 58.9 Å². The highest BCUT2D eigenvalue weighted by atomic mass is 16.3. The second kappa shape index (κ2) is 8.16. The number of hydrogen-bond donors (Lipinski definition) is 3. The molecule has 1 aliphatic heterocycles. The van der Waals surface area contributed by atoms with Crippen LogP contribution in [0.3, 0.4) is 0 Å². The Balaban J connectivity index is 1.56. The fraction of sp³-hybridized carbons (Fsp3) is 0.250. The van der Waals surface area contributed by atoms with Gasteiger partial charge in [0.05, 0.1) is 5.56 Å². The third kappa shape index (κ3) is 3.74. The van der Waals surface area contributed by atoms with E-state index >= 15 is 0 Å². The molecule has 1 saturated heterocycles. The van der Waals surface area contributed by atoms with Gasteiger partial charge in [-0.2, -0.15) is 0 Å². The Bertz CT molecular complexity index is 1120. The molecule has 0 saturated carbocycles. The second-order valence-corrected chi connectivity index (χ2v) is 7.78. The molecule has 5 N–H and O–H groups in total. The molecule has 154 valence electrons. The van der Waals surface area contributed by atoms with E-state index in [0.29, 0.717) is 41.9 Å². The van der Waals surface area contributed by atoms with Gasteiger partial charge < -0.3 is 21.5 Å². The van der Waals surface area contributed by atoms with Gasteiger partial charge in [-0.25, -0.2) is 0 Å². The van der Waals surface area contributed by atoms with E-state index in [0.717, 1.165) is 18.4 Å². The number of carbonyl (C=O) groups excluding carboxylic acids is 2. The van der Waals surface area contributed by atoms with E-state index in [4.69, 9.17) is 11.5 Å². The van der Waals surface area contributed by atoms with E-state index in [1.54, 1.807) is 18.2 Å². The average molecular weight is 403 g/mol. The highest BCUT2D eigenvalue weighted by Gasteiger charge is 2.26. The number of nitrogens with two attached hydrogens (primary N) is 2. The van der Waals surface area contributed by atoms with Crippen LogP contribution in [0.4, 0.5) is 0 Å². The summed E-state index contributed by atoms with van der Waals surface area (Å²) in [6.07, 6.45) is 1.77. The molecule has 0 unspecified atom stereocenters. The molecule has 4 rings (SSSR count). The summed E-state index contributed by atoms with van der Waals surface area (Å²) < 4.78 is 0. The third-order valence-corrected chi connectivity index (χ3v) is 5.93. The number of primary amides is 1. The summed E-state index contributed by atoms with van der Waals surface area (Å²) in [6.45, 7) is 1.84. The van der Waals surface area contributed by atoms with E-state index in [2.05, 4.69) is 12.1 Å². The van der Waals surface area contributed by atoms with Crippen LogP contribution in [0.5, 0.6) is 5.75 Å². The maximum Gasteiger partial charge on any atom is 0.254 e. The lowest BCUT2D eigenvalue weighted by molar-refractivity contribution is 0.0714. The maximum atomic E-state index is 13.3. The Hall–Kier alpha value is -3.38. The zero-order valence-electron chi connectivity index (χ0n) is 16.7. The first-order valence-corrected chi connectivity index (χ1v) is 10.1. The normalized spacial score (nSPS) is 14.8. The van der Waals surface area contributed by atoms with Gasteiger partial charge in [-0.15, -0.1) is 0 Å². The number of amides is 2. The van der Waals surface area contributed by atoms with Gasteiger partial charge in [0, 0.05) is 25.2 Å². The molecule has 6 nitrogen and oxygen atoms in total. The summed E-state index contributed by atoms with van der Waals surface area (Å²) in [7, 11) is 0. The van der Waals surface area contributed by atoms with Crippen LogP contribution in [0, 0.1) is 0 Å². The van der Waals surface area contributed by atoms with Crippen molar-refractivity contribution in [1.29, 1.82) is 0 Å². The largest absolute Gasteiger partial charge is 0.507 e. The van der Waals surface area contributed by atoms with Crippen molar-refractivity contribution in [1.82, 2.24) is 4.90 Å². The Morgan fingerprint density at radius 2 is 1.73 bits per heavy atom. The third-order valence-electron chi connectivity index (χ3n) is 5.93. The van der Waals surface area contributed by atoms with Crippen LogP contribution in [-0.4, -0.2) is 34.9 Å². The van der Waals surface area contributed by atoms with Crippen molar-refractivity contribution in [2.75, 3.05) is 13.1 Å². The van der Waals surface area contributed by atoms with Crippen molar-refractivity contribution >= 4 is 22.6 Å². The van der Waals surface area contributed by atoms with E-state index in [-0.39, 0.29) is 17.2 Å². The molecule has 0 bridgehead atoms. The number of nitrogens with zero attached hydrogens (tertiary/aromatic N) is 1. The van der Waals surface area contributed by atoms with Crippen molar-refractivity contribution in [3.05, 3.63) is 76.9 Å². The molecule has 0 spiro atoms. The number of likely N-dealkylation sites (tertiary alicyclic amines) is 1.